The van der Waals surface area contributed by atoms with E-state index < -0.39 is 0 Å². The van der Waals surface area contributed by atoms with Crippen LogP contribution < -0.4 is 0 Å². The second-order valence-corrected chi connectivity index (χ2v) is 4.89. The van der Waals surface area contributed by atoms with Gasteiger partial charge in [-0.2, -0.15) is 0 Å². The fourth-order valence-electron chi connectivity index (χ4n) is 3.72. The van der Waals surface area contributed by atoms with E-state index >= 15 is 0 Å². The molecule has 4 unspecified atom stereocenters. The minimum Gasteiger partial charge on any atom is -0.436 e. The molecule has 3 heteroatoms. The summed E-state index contributed by atoms with van der Waals surface area (Å²) in [6, 6.07) is 0. The van der Waals surface area contributed by atoms with Gasteiger partial charge < -0.3 is 9.47 Å². The first-order valence-corrected chi connectivity index (χ1v) is 5.54. The minimum atomic E-state index is -0.229. The van der Waals surface area contributed by atoms with Crippen LogP contribution in [0.1, 0.15) is 26.2 Å². The zero-order chi connectivity index (χ0) is 9.71. The molecule has 0 spiro atoms. The van der Waals surface area contributed by atoms with E-state index in [1.54, 1.807) is 0 Å². The van der Waals surface area contributed by atoms with E-state index in [2.05, 4.69) is 0 Å². The highest BCUT2D eigenvalue weighted by molar-refractivity contribution is 5.66. The highest BCUT2D eigenvalue weighted by atomic mass is 16.7. The molecule has 3 aliphatic rings. The number of ether oxygens (including phenoxy) is 2. The number of esters is 1. The molecular formula is C11H16O3. The second kappa shape index (κ2) is 2.96. The summed E-state index contributed by atoms with van der Waals surface area (Å²) in [7, 11) is 0. The summed E-state index contributed by atoms with van der Waals surface area (Å²) >= 11 is 0. The zero-order valence-corrected chi connectivity index (χ0v) is 8.44. The minimum absolute atomic E-state index is 0.210. The summed E-state index contributed by atoms with van der Waals surface area (Å²) in [6.45, 7) is 2.27. The lowest BCUT2D eigenvalue weighted by molar-refractivity contribution is -0.175. The number of carbonyl (C=O) groups excluding carboxylic acids is 1. The van der Waals surface area contributed by atoms with E-state index in [4.69, 9.17) is 9.47 Å². The van der Waals surface area contributed by atoms with Crippen molar-refractivity contribution in [2.75, 3.05) is 6.61 Å². The van der Waals surface area contributed by atoms with Crippen LogP contribution in [0.5, 0.6) is 0 Å². The van der Waals surface area contributed by atoms with Crippen molar-refractivity contribution < 1.29 is 14.3 Å². The predicted molar refractivity (Wildman–Crippen MR) is 49.3 cm³/mol. The van der Waals surface area contributed by atoms with Gasteiger partial charge in [-0.25, -0.2) is 0 Å². The Hall–Kier alpha value is -0.570. The van der Waals surface area contributed by atoms with Crippen molar-refractivity contribution in [3.8, 4) is 0 Å². The van der Waals surface area contributed by atoms with Crippen LogP contribution in [0.4, 0.5) is 0 Å². The van der Waals surface area contributed by atoms with Crippen molar-refractivity contribution in [2.45, 2.75) is 32.5 Å². The fourth-order valence-corrected chi connectivity index (χ4v) is 3.72. The molecule has 5 atom stereocenters. The molecule has 3 rings (SSSR count). The van der Waals surface area contributed by atoms with Crippen LogP contribution in [0, 0.1) is 23.7 Å². The molecule has 2 aliphatic carbocycles. The molecule has 1 saturated heterocycles. The highest BCUT2D eigenvalue weighted by Crippen LogP contribution is 2.56. The van der Waals surface area contributed by atoms with Crippen LogP contribution in [-0.2, 0) is 14.3 Å². The van der Waals surface area contributed by atoms with Crippen LogP contribution >= 0.6 is 0 Å². The maximum absolute atomic E-state index is 10.9. The van der Waals surface area contributed by atoms with E-state index in [1.807, 2.05) is 0 Å². The lowest BCUT2D eigenvalue weighted by Gasteiger charge is -2.25. The Balaban J connectivity index is 1.75. The van der Waals surface area contributed by atoms with Crippen LogP contribution in [-0.4, -0.2) is 18.9 Å². The van der Waals surface area contributed by atoms with E-state index in [1.165, 1.54) is 26.2 Å². The lowest BCUT2D eigenvalue weighted by atomic mass is 9.81. The molecule has 0 radical (unpaired) electrons. The molecule has 2 bridgehead atoms. The van der Waals surface area contributed by atoms with Crippen LogP contribution in [0.2, 0.25) is 0 Å². The molecule has 3 fully saturated rings. The van der Waals surface area contributed by atoms with Gasteiger partial charge in [-0.1, -0.05) is 0 Å². The standard InChI is InChI=1S/C11H16O3/c1-6(12)14-11-10-8-3-2-7(4-8)9(10)5-13-11/h7-11H,2-5H2,1H3/t7?,8-,9?,10?,11?/m1/s1. The van der Waals surface area contributed by atoms with Gasteiger partial charge in [0, 0.05) is 12.8 Å². The van der Waals surface area contributed by atoms with Crippen molar-refractivity contribution in [3.05, 3.63) is 0 Å². The van der Waals surface area contributed by atoms with E-state index in [0.29, 0.717) is 11.8 Å². The maximum atomic E-state index is 10.9. The zero-order valence-electron chi connectivity index (χ0n) is 8.44. The Kier molecular flexibility index (Phi) is 1.84. The van der Waals surface area contributed by atoms with Crippen molar-refractivity contribution in [1.82, 2.24) is 0 Å². The molecule has 3 nitrogen and oxygen atoms in total. The largest absolute Gasteiger partial charge is 0.436 e. The molecule has 0 N–H and O–H groups in total. The van der Waals surface area contributed by atoms with Crippen LogP contribution in [0.25, 0.3) is 0 Å². The molecule has 0 aromatic heterocycles. The van der Waals surface area contributed by atoms with Gasteiger partial charge in [-0.15, -0.1) is 0 Å². The Morgan fingerprint density at radius 3 is 2.93 bits per heavy atom. The van der Waals surface area contributed by atoms with Crippen molar-refractivity contribution in [2.24, 2.45) is 23.7 Å². The Bertz CT molecular complexity index is 263. The summed E-state index contributed by atoms with van der Waals surface area (Å²) in [4.78, 5) is 10.9. The third-order valence-electron chi connectivity index (χ3n) is 4.21. The summed E-state index contributed by atoms with van der Waals surface area (Å²) < 4.78 is 10.8. The highest BCUT2D eigenvalue weighted by Gasteiger charge is 2.55. The molecule has 1 heterocycles. The van der Waals surface area contributed by atoms with Gasteiger partial charge in [0.1, 0.15) is 0 Å². The molecule has 0 amide bonds. The van der Waals surface area contributed by atoms with E-state index in [-0.39, 0.29) is 12.3 Å². The van der Waals surface area contributed by atoms with Gasteiger partial charge in [-0.3, -0.25) is 4.79 Å². The van der Waals surface area contributed by atoms with Gasteiger partial charge in [-0.05, 0) is 37.0 Å². The van der Waals surface area contributed by atoms with E-state index in [0.717, 1.165) is 18.4 Å². The first-order valence-electron chi connectivity index (χ1n) is 5.54. The average Bonchev–Trinajstić information content (AvgIpc) is 2.74. The van der Waals surface area contributed by atoms with Gasteiger partial charge in [0.2, 0.25) is 6.29 Å². The van der Waals surface area contributed by atoms with Crippen molar-refractivity contribution in [1.29, 1.82) is 0 Å². The predicted octanol–water partition coefficient (Wildman–Crippen LogP) is 1.57. The molecular weight excluding hydrogens is 180 g/mol. The lowest BCUT2D eigenvalue weighted by Crippen LogP contribution is -2.29. The normalized spacial score (nSPS) is 49.4. The molecule has 78 valence electrons. The Morgan fingerprint density at radius 2 is 2.14 bits per heavy atom. The van der Waals surface area contributed by atoms with Crippen LogP contribution in [0.15, 0.2) is 0 Å². The smallest absolute Gasteiger partial charge is 0.304 e. The monoisotopic (exact) mass is 196 g/mol. The summed E-state index contributed by atoms with van der Waals surface area (Å²) in [5.41, 5.74) is 0. The molecule has 14 heavy (non-hydrogen) atoms. The van der Waals surface area contributed by atoms with Gasteiger partial charge in [0.05, 0.1) is 6.61 Å². The average molecular weight is 196 g/mol. The number of carbonyl (C=O) groups is 1. The van der Waals surface area contributed by atoms with Gasteiger partial charge >= 0.3 is 5.97 Å². The molecule has 1 aliphatic heterocycles. The number of hydrogen-bond acceptors (Lipinski definition) is 3. The Labute approximate surface area is 83.8 Å². The van der Waals surface area contributed by atoms with Crippen molar-refractivity contribution in [3.63, 3.8) is 0 Å². The number of rotatable bonds is 1. The summed E-state index contributed by atoms with van der Waals surface area (Å²) in [6.07, 6.45) is 3.79. The second-order valence-electron chi connectivity index (χ2n) is 4.89. The summed E-state index contributed by atoms with van der Waals surface area (Å²) in [5.74, 6) is 2.59. The third kappa shape index (κ3) is 1.11. The van der Waals surface area contributed by atoms with Gasteiger partial charge in [0.25, 0.3) is 0 Å². The Morgan fingerprint density at radius 1 is 1.36 bits per heavy atom. The molecule has 2 saturated carbocycles. The quantitative estimate of drug-likeness (QED) is 0.597. The first-order chi connectivity index (χ1) is 6.75. The maximum Gasteiger partial charge on any atom is 0.304 e. The SMILES string of the molecule is CC(=O)OC1OCC2C3CC[C@H](C3)C12. The van der Waals surface area contributed by atoms with Crippen molar-refractivity contribution >= 4 is 5.97 Å². The third-order valence-corrected chi connectivity index (χ3v) is 4.21. The van der Waals surface area contributed by atoms with Gasteiger partial charge in [0.15, 0.2) is 0 Å². The molecule has 0 aromatic rings. The number of hydrogen-bond donors (Lipinski definition) is 0. The number of fused-ring (bicyclic) bond motifs is 5. The summed E-state index contributed by atoms with van der Waals surface area (Å²) in [5, 5.41) is 0. The first kappa shape index (κ1) is 8.72. The van der Waals surface area contributed by atoms with E-state index in [9.17, 15) is 4.79 Å². The molecule has 0 aromatic carbocycles. The fraction of sp³-hybridized carbons (Fsp3) is 0.909. The topological polar surface area (TPSA) is 35.5 Å². The van der Waals surface area contributed by atoms with Crippen LogP contribution in [0.3, 0.4) is 0 Å².